The van der Waals surface area contributed by atoms with Gasteiger partial charge in [0, 0.05) is 11.4 Å². The summed E-state index contributed by atoms with van der Waals surface area (Å²) in [5.41, 5.74) is 7.89. The van der Waals surface area contributed by atoms with Gasteiger partial charge in [0.25, 0.3) is 0 Å². The second kappa shape index (κ2) is 4.38. The Kier molecular flexibility index (Phi) is 2.94. The van der Waals surface area contributed by atoms with Crippen molar-refractivity contribution in [1.29, 1.82) is 0 Å². The summed E-state index contributed by atoms with van der Waals surface area (Å²) >= 11 is 1.49. The summed E-state index contributed by atoms with van der Waals surface area (Å²) in [5, 5.41) is 0. The topological polar surface area (TPSA) is 43.1 Å². The van der Waals surface area contributed by atoms with Gasteiger partial charge < -0.3 is 5.73 Å². The van der Waals surface area contributed by atoms with Crippen LogP contribution in [0.25, 0.3) is 10.4 Å². The number of hydrogen-bond donors (Lipinski definition) is 1. The van der Waals surface area contributed by atoms with Crippen molar-refractivity contribution >= 4 is 17.6 Å². The van der Waals surface area contributed by atoms with Crippen LogP contribution >= 0.6 is 11.3 Å². The predicted octanol–water partition coefficient (Wildman–Crippen LogP) is 2.69. The van der Waals surface area contributed by atoms with Crippen LogP contribution in [0.2, 0.25) is 0 Å². The van der Waals surface area contributed by atoms with Crippen molar-refractivity contribution in [1.82, 2.24) is 0 Å². The van der Waals surface area contributed by atoms with E-state index in [0.29, 0.717) is 6.54 Å². The molecule has 0 amide bonds. The Morgan fingerprint density at radius 3 is 2.67 bits per heavy atom. The summed E-state index contributed by atoms with van der Waals surface area (Å²) in [6.07, 6.45) is 0.874. The highest BCUT2D eigenvalue weighted by atomic mass is 32.1. The molecule has 76 valence electrons. The lowest BCUT2D eigenvalue weighted by Gasteiger charge is -2.04. The van der Waals surface area contributed by atoms with Gasteiger partial charge in [-0.25, -0.2) is 0 Å². The van der Waals surface area contributed by atoms with Gasteiger partial charge in [-0.15, -0.1) is 11.3 Å². The number of nitrogens with two attached hydrogens (primary N) is 1. The molecule has 0 saturated carbocycles. The van der Waals surface area contributed by atoms with Crippen LogP contribution in [0.1, 0.15) is 15.2 Å². The van der Waals surface area contributed by atoms with Crippen molar-refractivity contribution in [2.45, 2.75) is 6.54 Å². The Balaban J connectivity index is 2.48. The number of thiophene rings is 1. The van der Waals surface area contributed by atoms with Crippen LogP contribution in [0.3, 0.4) is 0 Å². The molecule has 0 aliphatic heterocycles. The van der Waals surface area contributed by atoms with Crippen LogP contribution in [-0.4, -0.2) is 6.29 Å². The van der Waals surface area contributed by atoms with Crippen LogP contribution in [0.5, 0.6) is 0 Å². The number of rotatable bonds is 3. The minimum atomic E-state index is 0.518. The van der Waals surface area contributed by atoms with Gasteiger partial charge in [-0.05, 0) is 23.3 Å². The summed E-state index contributed by atoms with van der Waals surface area (Å²) in [6.45, 7) is 0.518. The Labute approximate surface area is 92.4 Å². The third-order valence-corrected chi connectivity index (χ3v) is 3.29. The fraction of sp³-hybridized carbons (Fsp3) is 0.0833. The molecule has 2 aromatic rings. The molecule has 1 aromatic carbocycles. The van der Waals surface area contributed by atoms with Crippen molar-refractivity contribution in [3.63, 3.8) is 0 Å². The maximum absolute atomic E-state index is 10.6. The number of benzene rings is 1. The summed E-state index contributed by atoms with van der Waals surface area (Å²) in [7, 11) is 0. The lowest BCUT2D eigenvalue weighted by Crippen LogP contribution is -1.97. The molecule has 0 unspecified atom stereocenters. The van der Waals surface area contributed by atoms with Crippen molar-refractivity contribution in [3.05, 3.63) is 46.8 Å². The summed E-state index contributed by atoms with van der Waals surface area (Å²) < 4.78 is 0. The fourth-order valence-corrected chi connectivity index (χ4v) is 2.38. The molecule has 1 heterocycles. The normalized spacial score (nSPS) is 10.2. The molecule has 0 fully saturated rings. The first-order valence-electron chi connectivity index (χ1n) is 4.68. The van der Waals surface area contributed by atoms with Crippen LogP contribution in [0, 0.1) is 0 Å². The van der Waals surface area contributed by atoms with E-state index in [1.165, 1.54) is 11.3 Å². The molecular weight excluding hydrogens is 206 g/mol. The first kappa shape index (κ1) is 10.1. The first-order chi connectivity index (χ1) is 7.35. The number of carbonyl (C=O) groups excluding carboxylic acids is 1. The Bertz CT molecular complexity index is 476. The monoisotopic (exact) mass is 217 g/mol. The van der Waals surface area contributed by atoms with E-state index in [1.807, 2.05) is 36.4 Å². The van der Waals surface area contributed by atoms with Gasteiger partial charge in [0.15, 0.2) is 6.29 Å². The number of aldehydes is 1. The van der Waals surface area contributed by atoms with E-state index in [-0.39, 0.29) is 0 Å². The van der Waals surface area contributed by atoms with Gasteiger partial charge in [-0.2, -0.15) is 0 Å². The smallest absolute Gasteiger partial charge is 0.160 e. The van der Waals surface area contributed by atoms with Gasteiger partial charge in [0.1, 0.15) is 0 Å². The molecule has 0 aliphatic carbocycles. The van der Waals surface area contributed by atoms with Crippen molar-refractivity contribution in [2.75, 3.05) is 0 Å². The molecule has 2 nitrogen and oxygen atoms in total. The summed E-state index contributed by atoms with van der Waals surface area (Å²) in [4.78, 5) is 12.4. The van der Waals surface area contributed by atoms with Crippen molar-refractivity contribution < 1.29 is 4.79 Å². The summed E-state index contributed by atoms with van der Waals surface area (Å²) in [6, 6.07) is 11.8. The highest BCUT2D eigenvalue weighted by molar-refractivity contribution is 7.17. The highest BCUT2D eigenvalue weighted by Gasteiger charge is 2.05. The molecule has 0 spiro atoms. The highest BCUT2D eigenvalue weighted by Crippen LogP contribution is 2.29. The SMILES string of the molecule is NCc1ccccc1-c1ccc(C=O)s1. The lowest BCUT2D eigenvalue weighted by atomic mass is 10.1. The minimum Gasteiger partial charge on any atom is -0.326 e. The van der Waals surface area contributed by atoms with Gasteiger partial charge in [-0.3, -0.25) is 4.79 Å². The van der Waals surface area contributed by atoms with E-state index < -0.39 is 0 Å². The average Bonchev–Trinajstić information content (AvgIpc) is 2.77. The average molecular weight is 217 g/mol. The molecule has 3 heteroatoms. The molecule has 15 heavy (non-hydrogen) atoms. The zero-order chi connectivity index (χ0) is 10.7. The Morgan fingerprint density at radius 2 is 2.00 bits per heavy atom. The third kappa shape index (κ3) is 1.98. The van der Waals surface area contributed by atoms with E-state index in [0.717, 1.165) is 27.2 Å². The lowest BCUT2D eigenvalue weighted by molar-refractivity contribution is 0.112. The van der Waals surface area contributed by atoms with E-state index in [4.69, 9.17) is 5.73 Å². The molecule has 0 radical (unpaired) electrons. The maximum atomic E-state index is 10.6. The van der Waals surface area contributed by atoms with Crippen molar-refractivity contribution in [3.8, 4) is 10.4 Å². The molecular formula is C12H11NOS. The second-order valence-corrected chi connectivity index (χ2v) is 4.30. The first-order valence-corrected chi connectivity index (χ1v) is 5.50. The van der Waals surface area contributed by atoms with Crippen LogP contribution in [0.4, 0.5) is 0 Å². The molecule has 2 N–H and O–H groups in total. The Hall–Kier alpha value is -1.45. The minimum absolute atomic E-state index is 0.518. The van der Waals surface area contributed by atoms with Crippen LogP contribution in [-0.2, 0) is 6.54 Å². The molecule has 0 atom stereocenters. The van der Waals surface area contributed by atoms with Gasteiger partial charge >= 0.3 is 0 Å². The van der Waals surface area contributed by atoms with Crippen LogP contribution in [0.15, 0.2) is 36.4 Å². The fourth-order valence-electron chi connectivity index (χ4n) is 1.50. The zero-order valence-electron chi connectivity index (χ0n) is 8.14. The second-order valence-electron chi connectivity index (χ2n) is 3.18. The van der Waals surface area contributed by atoms with Gasteiger partial charge in [0.2, 0.25) is 0 Å². The maximum Gasteiger partial charge on any atom is 0.160 e. The molecule has 1 aromatic heterocycles. The van der Waals surface area contributed by atoms with E-state index in [2.05, 4.69) is 0 Å². The summed E-state index contributed by atoms with van der Waals surface area (Å²) in [5.74, 6) is 0. The predicted molar refractivity (Wildman–Crippen MR) is 63.0 cm³/mol. The number of hydrogen-bond acceptors (Lipinski definition) is 3. The largest absolute Gasteiger partial charge is 0.326 e. The zero-order valence-corrected chi connectivity index (χ0v) is 8.96. The van der Waals surface area contributed by atoms with Crippen LogP contribution < -0.4 is 5.73 Å². The standard InChI is InChI=1S/C12H11NOS/c13-7-9-3-1-2-4-11(9)12-6-5-10(8-14)15-12/h1-6,8H,7,13H2. The third-order valence-electron chi connectivity index (χ3n) is 2.25. The number of carbonyl (C=O) groups is 1. The molecule has 2 rings (SSSR count). The quantitative estimate of drug-likeness (QED) is 0.803. The van der Waals surface area contributed by atoms with Gasteiger partial charge in [0.05, 0.1) is 4.88 Å². The van der Waals surface area contributed by atoms with Gasteiger partial charge in [-0.1, -0.05) is 24.3 Å². The van der Waals surface area contributed by atoms with E-state index >= 15 is 0 Å². The molecule has 0 bridgehead atoms. The molecule has 0 aliphatic rings. The van der Waals surface area contributed by atoms with E-state index in [9.17, 15) is 4.79 Å². The van der Waals surface area contributed by atoms with Crippen molar-refractivity contribution in [2.24, 2.45) is 5.73 Å². The molecule has 0 saturated heterocycles. The van der Waals surface area contributed by atoms with E-state index in [1.54, 1.807) is 0 Å². The Morgan fingerprint density at radius 1 is 1.20 bits per heavy atom.